The predicted molar refractivity (Wildman–Crippen MR) is 162 cm³/mol. The molecular formula is C30H35ClN2O9S. The van der Waals surface area contributed by atoms with Crippen molar-refractivity contribution in [1.29, 1.82) is 0 Å². The molecule has 0 aliphatic heterocycles. The molecule has 43 heavy (non-hydrogen) atoms. The molecule has 3 aromatic rings. The fraction of sp³-hybridized carbons (Fsp3) is 0.333. The predicted octanol–water partition coefficient (Wildman–Crippen LogP) is 4.33. The van der Waals surface area contributed by atoms with Crippen molar-refractivity contribution < 1.29 is 42.8 Å². The van der Waals surface area contributed by atoms with Crippen molar-refractivity contribution in [1.82, 2.24) is 9.62 Å². The Morgan fingerprint density at radius 3 is 2.35 bits per heavy atom. The number of benzene rings is 3. The summed E-state index contributed by atoms with van der Waals surface area (Å²) >= 11 is 5.96. The second-order valence-corrected chi connectivity index (χ2v) is 12.2. The van der Waals surface area contributed by atoms with Gasteiger partial charge in [0.05, 0.1) is 36.6 Å². The number of halogens is 1. The van der Waals surface area contributed by atoms with Crippen LogP contribution in [0.3, 0.4) is 0 Å². The van der Waals surface area contributed by atoms with Crippen LogP contribution in [-0.4, -0.2) is 78.8 Å². The van der Waals surface area contributed by atoms with Gasteiger partial charge in [0.25, 0.3) is 5.91 Å². The number of hydrogen-bond donors (Lipinski definition) is 4. The van der Waals surface area contributed by atoms with Gasteiger partial charge in [-0.2, -0.15) is 0 Å². The Morgan fingerprint density at radius 2 is 1.72 bits per heavy atom. The standard InChI is InChI=1S/C30H35ClN2O9S/c1-20(2)42-28-18-22(9-12-26(28)29(36)32-43(39,40)16-4-14-34)21-7-10-25(11-8-21)41-15-13-33(30(37)38)19-27(35)23-5-3-6-24(31)17-23/h3,5-12,17-18,20,27,34-35H,4,13-16,19H2,1-2H3,(H,32,36)(H,37,38)/t27-/m0/s1. The van der Waals surface area contributed by atoms with Crippen LogP contribution in [0.25, 0.3) is 11.1 Å². The summed E-state index contributed by atoms with van der Waals surface area (Å²) in [6.45, 7) is 3.16. The number of nitrogens with zero attached hydrogens (tertiary/aromatic N) is 1. The summed E-state index contributed by atoms with van der Waals surface area (Å²) in [5.41, 5.74) is 2.02. The summed E-state index contributed by atoms with van der Waals surface area (Å²) in [6, 6.07) is 18.3. The van der Waals surface area contributed by atoms with Crippen molar-refractivity contribution >= 4 is 33.6 Å². The maximum atomic E-state index is 12.7. The van der Waals surface area contributed by atoms with Gasteiger partial charge in [-0.15, -0.1) is 0 Å². The highest BCUT2D eigenvalue weighted by atomic mass is 35.5. The SMILES string of the molecule is CC(C)Oc1cc(-c2ccc(OCCN(C[C@H](O)c3cccc(Cl)c3)C(=O)O)cc2)ccc1C(=O)NS(=O)(=O)CCCO. The lowest BCUT2D eigenvalue weighted by atomic mass is 10.0. The molecule has 0 saturated carbocycles. The minimum absolute atomic E-state index is 0.00152. The van der Waals surface area contributed by atoms with Crippen molar-refractivity contribution in [2.45, 2.75) is 32.5 Å². The molecule has 0 aliphatic rings. The van der Waals surface area contributed by atoms with Crippen LogP contribution in [0.5, 0.6) is 11.5 Å². The van der Waals surface area contributed by atoms with E-state index < -0.39 is 28.1 Å². The van der Waals surface area contributed by atoms with Gasteiger partial charge < -0.3 is 29.7 Å². The molecule has 3 aromatic carbocycles. The monoisotopic (exact) mass is 634 g/mol. The highest BCUT2D eigenvalue weighted by molar-refractivity contribution is 7.90. The average Bonchev–Trinajstić information content (AvgIpc) is 2.95. The van der Waals surface area contributed by atoms with Crippen molar-refractivity contribution in [2.24, 2.45) is 0 Å². The normalized spacial score (nSPS) is 12.0. The van der Waals surface area contributed by atoms with E-state index in [1.807, 2.05) is 4.72 Å². The number of carboxylic acid groups (broad SMARTS) is 1. The Morgan fingerprint density at radius 1 is 1.02 bits per heavy atom. The lowest BCUT2D eigenvalue weighted by Crippen LogP contribution is -2.36. The quantitative estimate of drug-likeness (QED) is 0.191. The summed E-state index contributed by atoms with van der Waals surface area (Å²) in [5.74, 6) is -0.524. The number of amides is 2. The zero-order valence-corrected chi connectivity index (χ0v) is 25.3. The minimum atomic E-state index is -3.92. The first-order chi connectivity index (χ1) is 20.4. The van der Waals surface area contributed by atoms with E-state index in [0.717, 1.165) is 10.5 Å². The molecule has 4 N–H and O–H groups in total. The van der Waals surface area contributed by atoms with Crippen LogP contribution in [0.2, 0.25) is 5.02 Å². The molecule has 0 radical (unpaired) electrons. The molecule has 11 nitrogen and oxygen atoms in total. The first-order valence-corrected chi connectivity index (χ1v) is 15.5. The molecule has 3 rings (SSSR count). The van der Waals surface area contributed by atoms with Gasteiger partial charge in [0, 0.05) is 11.6 Å². The third-order valence-corrected chi connectivity index (χ3v) is 7.68. The Labute approximate surface area is 255 Å². The van der Waals surface area contributed by atoms with Gasteiger partial charge in [0.2, 0.25) is 10.0 Å². The van der Waals surface area contributed by atoms with Gasteiger partial charge in [-0.05, 0) is 73.4 Å². The van der Waals surface area contributed by atoms with E-state index in [1.165, 1.54) is 6.07 Å². The lowest BCUT2D eigenvalue weighted by Gasteiger charge is -2.23. The van der Waals surface area contributed by atoms with Gasteiger partial charge >= 0.3 is 6.09 Å². The number of hydrogen-bond acceptors (Lipinski definition) is 8. The molecule has 1 atom stereocenters. The highest BCUT2D eigenvalue weighted by Crippen LogP contribution is 2.30. The van der Waals surface area contributed by atoms with Crippen LogP contribution in [0, 0.1) is 0 Å². The van der Waals surface area contributed by atoms with Crippen LogP contribution < -0.4 is 14.2 Å². The molecule has 13 heteroatoms. The molecule has 2 amide bonds. The van der Waals surface area contributed by atoms with Crippen LogP contribution >= 0.6 is 11.6 Å². The number of ether oxygens (including phenoxy) is 2. The summed E-state index contributed by atoms with van der Waals surface area (Å²) in [7, 11) is -3.92. The zero-order chi connectivity index (χ0) is 31.6. The molecule has 0 unspecified atom stereocenters. The molecule has 0 spiro atoms. The van der Waals surface area contributed by atoms with E-state index in [2.05, 4.69) is 0 Å². The second kappa shape index (κ2) is 15.6. The summed E-state index contributed by atoms with van der Waals surface area (Å²) in [6.07, 6.45) is -2.53. The van der Waals surface area contributed by atoms with Crippen molar-refractivity contribution in [3.8, 4) is 22.6 Å². The number of rotatable bonds is 15. The molecule has 0 aliphatic carbocycles. The van der Waals surface area contributed by atoms with Crippen LogP contribution in [0.15, 0.2) is 66.7 Å². The molecule has 0 bridgehead atoms. The third-order valence-electron chi connectivity index (χ3n) is 6.12. The number of carbonyl (C=O) groups excluding carboxylic acids is 1. The van der Waals surface area contributed by atoms with E-state index in [1.54, 1.807) is 74.5 Å². The molecule has 0 fully saturated rings. The van der Waals surface area contributed by atoms with Gasteiger partial charge in [-0.25, -0.2) is 17.9 Å². The van der Waals surface area contributed by atoms with E-state index >= 15 is 0 Å². The average molecular weight is 635 g/mol. The van der Waals surface area contributed by atoms with Gasteiger partial charge in [-0.1, -0.05) is 41.9 Å². The third kappa shape index (κ3) is 10.4. The Kier molecular flexibility index (Phi) is 12.2. The number of carbonyl (C=O) groups is 2. The van der Waals surface area contributed by atoms with Crippen molar-refractivity contribution in [3.05, 3.63) is 82.9 Å². The number of sulfonamides is 1. The van der Waals surface area contributed by atoms with Crippen LogP contribution in [0.1, 0.15) is 42.3 Å². The molecule has 0 saturated heterocycles. The van der Waals surface area contributed by atoms with E-state index in [9.17, 15) is 28.2 Å². The smallest absolute Gasteiger partial charge is 0.407 e. The topological polar surface area (TPSA) is 163 Å². The fourth-order valence-corrected chi connectivity index (χ4v) is 5.26. The van der Waals surface area contributed by atoms with Crippen molar-refractivity contribution in [2.75, 3.05) is 32.1 Å². The summed E-state index contributed by atoms with van der Waals surface area (Å²) < 4.78 is 37.8. The lowest BCUT2D eigenvalue weighted by molar-refractivity contribution is 0.0894. The molecule has 0 aromatic heterocycles. The first kappa shape index (κ1) is 33.7. The summed E-state index contributed by atoms with van der Waals surface area (Å²) in [4.78, 5) is 25.5. The van der Waals surface area contributed by atoms with E-state index in [4.69, 9.17) is 26.2 Å². The van der Waals surface area contributed by atoms with Gasteiger partial charge in [-0.3, -0.25) is 4.79 Å². The fourth-order valence-electron chi connectivity index (χ4n) is 4.05. The van der Waals surface area contributed by atoms with Gasteiger partial charge in [0.15, 0.2) is 0 Å². The Hall–Kier alpha value is -3.84. The molecule has 0 heterocycles. The number of aliphatic hydroxyl groups is 2. The summed E-state index contributed by atoms with van der Waals surface area (Å²) in [5, 5.41) is 29.3. The second-order valence-electron chi connectivity index (χ2n) is 9.88. The van der Waals surface area contributed by atoms with E-state index in [-0.39, 0.29) is 55.9 Å². The maximum absolute atomic E-state index is 12.7. The number of aliphatic hydroxyl groups excluding tert-OH is 2. The molecule has 232 valence electrons. The Balaban J connectivity index is 1.66. The Bertz CT molecular complexity index is 1500. The van der Waals surface area contributed by atoms with Crippen LogP contribution in [-0.2, 0) is 10.0 Å². The van der Waals surface area contributed by atoms with Gasteiger partial charge in [0.1, 0.15) is 18.1 Å². The zero-order valence-electron chi connectivity index (χ0n) is 23.8. The van der Waals surface area contributed by atoms with Crippen LogP contribution in [0.4, 0.5) is 4.79 Å². The van der Waals surface area contributed by atoms with E-state index in [0.29, 0.717) is 21.9 Å². The highest BCUT2D eigenvalue weighted by Gasteiger charge is 2.21. The largest absolute Gasteiger partial charge is 0.492 e. The van der Waals surface area contributed by atoms with Crippen molar-refractivity contribution in [3.63, 3.8) is 0 Å². The number of nitrogens with one attached hydrogen (secondary N) is 1. The minimum Gasteiger partial charge on any atom is -0.492 e. The maximum Gasteiger partial charge on any atom is 0.407 e. The first-order valence-electron chi connectivity index (χ1n) is 13.5. The molecular weight excluding hydrogens is 600 g/mol.